The van der Waals surface area contributed by atoms with E-state index in [1.807, 2.05) is 24.3 Å². The topological polar surface area (TPSA) is 61.4 Å². The normalized spacial score (nSPS) is 17.5. The van der Waals surface area contributed by atoms with Gasteiger partial charge in [0.25, 0.3) is 0 Å². The second-order valence-corrected chi connectivity index (χ2v) is 7.89. The monoisotopic (exact) mass is 395 g/mol. The number of benzene rings is 2. The Morgan fingerprint density at radius 1 is 0.966 bits per heavy atom. The summed E-state index contributed by atoms with van der Waals surface area (Å²) < 4.78 is 14.1. The number of hydrogen-bond donors (Lipinski definition) is 2. The van der Waals surface area contributed by atoms with Crippen LogP contribution in [0.15, 0.2) is 48.5 Å². The summed E-state index contributed by atoms with van der Waals surface area (Å²) in [7, 11) is 0. The van der Waals surface area contributed by atoms with Crippen LogP contribution in [0, 0.1) is 5.82 Å². The Balaban J connectivity index is 1.30. The van der Waals surface area contributed by atoms with Crippen molar-refractivity contribution in [1.29, 1.82) is 0 Å². The molecule has 0 atom stereocenters. The molecule has 0 radical (unpaired) electrons. The van der Waals surface area contributed by atoms with E-state index in [1.165, 1.54) is 25.3 Å². The molecule has 2 aliphatic rings. The van der Waals surface area contributed by atoms with Gasteiger partial charge in [0.05, 0.1) is 12.0 Å². The predicted octanol–water partition coefficient (Wildman–Crippen LogP) is 3.60. The third-order valence-corrected chi connectivity index (χ3v) is 5.86. The Morgan fingerprint density at radius 2 is 1.66 bits per heavy atom. The van der Waals surface area contributed by atoms with Crippen molar-refractivity contribution in [3.63, 3.8) is 0 Å². The molecule has 0 unspecified atom stereocenters. The molecule has 29 heavy (non-hydrogen) atoms. The van der Waals surface area contributed by atoms with E-state index in [2.05, 4.69) is 15.5 Å². The highest BCUT2D eigenvalue weighted by atomic mass is 19.1. The van der Waals surface area contributed by atoms with Gasteiger partial charge in [0.15, 0.2) is 0 Å². The summed E-state index contributed by atoms with van der Waals surface area (Å²) in [5.41, 5.74) is 1.44. The smallest absolute Gasteiger partial charge is 0.243 e. The quantitative estimate of drug-likeness (QED) is 0.786. The van der Waals surface area contributed by atoms with Crippen LogP contribution in [0.4, 0.5) is 15.8 Å². The van der Waals surface area contributed by atoms with Crippen LogP contribution >= 0.6 is 0 Å². The van der Waals surface area contributed by atoms with Gasteiger partial charge in [0.2, 0.25) is 11.8 Å². The molecule has 1 saturated heterocycles. The average molecular weight is 395 g/mol. The molecule has 0 bridgehead atoms. The van der Waals surface area contributed by atoms with Gasteiger partial charge in [-0.05, 0) is 62.4 Å². The highest BCUT2D eigenvalue weighted by Crippen LogP contribution is 2.49. The second-order valence-electron chi connectivity index (χ2n) is 7.89. The molecule has 2 N–H and O–H groups in total. The van der Waals surface area contributed by atoms with Gasteiger partial charge < -0.3 is 15.5 Å². The Bertz CT molecular complexity index is 887. The maximum Gasteiger partial charge on any atom is 0.243 e. The Labute approximate surface area is 170 Å². The van der Waals surface area contributed by atoms with Crippen LogP contribution in [0.3, 0.4) is 0 Å². The van der Waals surface area contributed by atoms with Gasteiger partial charge in [0.1, 0.15) is 5.82 Å². The summed E-state index contributed by atoms with van der Waals surface area (Å²) in [4.78, 5) is 27.2. The molecule has 1 heterocycles. The number of rotatable bonds is 6. The van der Waals surface area contributed by atoms with E-state index in [0.29, 0.717) is 24.1 Å². The molecule has 2 fully saturated rings. The van der Waals surface area contributed by atoms with Gasteiger partial charge in [-0.3, -0.25) is 9.59 Å². The summed E-state index contributed by atoms with van der Waals surface area (Å²) in [6.45, 7) is 2.01. The van der Waals surface area contributed by atoms with Gasteiger partial charge in [-0.1, -0.05) is 18.2 Å². The van der Waals surface area contributed by atoms with Crippen LogP contribution in [0.2, 0.25) is 0 Å². The molecule has 2 aromatic carbocycles. The molecule has 4 rings (SSSR count). The SMILES string of the molecule is O=C(CNC(=O)C1(c2ccccc2F)CC1)Nc1ccc(N2CCCCC2)cc1. The number of halogens is 1. The molecule has 152 valence electrons. The highest BCUT2D eigenvalue weighted by molar-refractivity contribution is 5.97. The van der Waals surface area contributed by atoms with E-state index in [9.17, 15) is 14.0 Å². The minimum absolute atomic E-state index is 0.136. The van der Waals surface area contributed by atoms with Crippen molar-refractivity contribution >= 4 is 23.2 Å². The molecule has 2 amide bonds. The number of nitrogens with one attached hydrogen (secondary N) is 2. The summed E-state index contributed by atoms with van der Waals surface area (Å²) >= 11 is 0. The first kappa shape index (κ1) is 19.4. The third kappa shape index (κ3) is 4.26. The van der Waals surface area contributed by atoms with E-state index >= 15 is 0 Å². The molecular formula is C23H26FN3O2. The maximum atomic E-state index is 14.1. The van der Waals surface area contributed by atoms with Crippen molar-refractivity contribution in [2.75, 3.05) is 29.9 Å². The number of hydrogen-bond acceptors (Lipinski definition) is 3. The molecule has 0 spiro atoms. The zero-order valence-electron chi connectivity index (χ0n) is 16.4. The largest absolute Gasteiger partial charge is 0.372 e. The van der Waals surface area contributed by atoms with Gasteiger partial charge in [-0.25, -0.2) is 4.39 Å². The van der Waals surface area contributed by atoms with E-state index in [1.54, 1.807) is 18.2 Å². The van der Waals surface area contributed by atoms with Gasteiger partial charge >= 0.3 is 0 Å². The summed E-state index contributed by atoms with van der Waals surface area (Å²) in [5.74, 6) is -0.968. The molecule has 0 aromatic heterocycles. The lowest BCUT2D eigenvalue weighted by Gasteiger charge is -2.28. The summed E-state index contributed by atoms with van der Waals surface area (Å²) in [6, 6.07) is 14.1. The second kappa shape index (κ2) is 8.23. The van der Waals surface area contributed by atoms with Crippen LogP contribution < -0.4 is 15.5 Å². The summed E-state index contributed by atoms with van der Waals surface area (Å²) in [5, 5.41) is 5.47. The fourth-order valence-corrected chi connectivity index (χ4v) is 4.04. The maximum absolute atomic E-state index is 14.1. The number of carbonyl (C=O) groups excluding carboxylic acids is 2. The lowest BCUT2D eigenvalue weighted by atomic mass is 9.94. The molecule has 1 saturated carbocycles. The number of carbonyl (C=O) groups is 2. The highest BCUT2D eigenvalue weighted by Gasteiger charge is 2.52. The number of piperidine rings is 1. The van der Waals surface area contributed by atoms with Crippen LogP contribution in [0.25, 0.3) is 0 Å². The average Bonchev–Trinajstić information content (AvgIpc) is 3.55. The van der Waals surface area contributed by atoms with E-state index in [-0.39, 0.29) is 24.2 Å². The van der Waals surface area contributed by atoms with Crippen molar-refractivity contribution < 1.29 is 14.0 Å². The van der Waals surface area contributed by atoms with E-state index in [4.69, 9.17) is 0 Å². The Morgan fingerprint density at radius 3 is 2.31 bits per heavy atom. The number of anilines is 2. The van der Waals surface area contributed by atoms with Gasteiger partial charge in [-0.15, -0.1) is 0 Å². The zero-order chi connectivity index (χ0) is 20.3. The van der Waals surface area contributed by atoms with Crippen LogP contribution in [0.5, 0.6) is 0 Å². The first-order valence-electron chi connectivity index (χ1n) is 10.3. The minimum Gasteiger partial charge on any atom is -0.372 e. The molecular weight excluding hydrogens is 369 g/mol. The van der Waals surface area contributed by atoms with Crippen molar-refractivity contribution in [3.05, 3.63) is 59.9 Å². The minimum atomic E-state index is -0.832. The van der Waals surface area contributed by atoms with Gasteiger partial charge in [-0.2, -0.15) is 0 Å². The molecule has 1 aliphatic heterocycles. The van der Waals surface area contributed by atoms with E-state index < -0.39 is 5.41 Å². The van der Waals surface area contributed by atoms with Crippen LogP contribution in [-0.4, -0.2) is 31.4 Å². The van der Waals surface area contributed by atoms with Crippen molar-refractivity contribution in [3.8, 4) is 0 Å². The molecule has 5 nitrogen and oxygen atoms in total. The van der Waals surface area contributed by atoms with Crippen LogP contribution in [-0.2, 0) is 15.0 Å². The number of nitrogens with zero attached hydrogens (tertiary/aromatic N) is 1. The van der Waals surface area contributed by atoms with Crippen molar-refractivity contribution in [2.45, 2.75) is 37.5 Å². The molecule has 1 aliphatic carbocycles. The lowest BCUT2D eigenvalue weighted by molar-refractivity contribution is -0.126. The lowest BCUT2D eigenvalue weighted by Crippen LogP contribution is -2.39. The van der Waals surface area contributed by atoms with E-state index in [0.717, 1.165) is 18.8 Å². The Hall–Kier alpha value is -2.89. The zero-order valence-corrected chi connectivity index (χ0v) is 16.4. The fourth-order valence-electron chi connectivity index (χ4n) is 4.04. The first-order chi connectivity index (χ1) is 14.1. The first-order valence-corrected chi connectivity index (χ1v) is 10.3. The fraction of sp³-hybridized carbons (Fsp3) is 0.391. The van der Waals surface area contributed by atoms with Crippen molar-refractivity contribution in [1.82, 2.24) is 5.32 Å². The summed E-state index contributed by atoms with van der Waals surface area (Å²) in [6.07, 6.45) is 4.91. The standard InChI is InChI=1S/C23H26FN3O2/c24-20-7-3-2-6-19(20)23(12-13-23)22(29)25-16-21(28)26-17-8-10-18(11-9-17)27-14-4-1-5-15-27/h2-3,6-11H,1,4-5,12-16H2,(H,25,29)(H,26,28). The van der Waals surface area contributed by atoms with Gasteiger partial charge in [0, 0.05) is 30.0 Å². The number of amides is 2. The third-order valence-electron chi connectivity index (χ3n) is 5.86. The van der Waals surface area contributed by atoms with Crippen LogP contribution in [0.1, 0.15) is 37.7 Å². The Kier molecular flexibility index (Phi) is 5.51. The molecule has 2 aromatic rings. The predicted molar refractivity (Wildman–Crippen MR) is 111 cm³/mol. The molecule has 6 heteroatoms. The van der Waals surface area contributed by atoms with Crippen molar-refractivity contribution in [2.24, 2.45) is 0 Å².